The molecule has 2 rings (SSSR count). The van der Waals surface area contributed by atoms with Crippen LogP contribution in [0, 0.1) is 5.92 Å². The summed E-state index contributed by atoms with van der Waals surface area (Å²) in [5.74, 6) is 0.576. The summed E-state index contributed by atoms with van der Waals surface area (Å²) in [5.41, 5.74) is 2.43. The zero-order chi connectivity index (χ0) is 15.2. The lowest BCUT2D eigenvalue weighted by Crippen LogP contribution is -2.05. The van der Waals surface area contributed by atoms with E-state index in [1.165, 1.54) is 17.3 Å². The van der Waals surface area contributed by atoms with E-state index < -0.39 is 0 Å². The van der Waals surface area contributed by atoms with Crippen LogP contribution in [0.5, 0.6) is 0 Å². The molecule has 0 amide bonds. The Morgan fingerprint density at radius 3 is 2.14 bits per heavy atom. The number of benzene rings is 2. The topological polar surface area (TPSA) is 17.1 Å². The van der Waals surface area contributed by atoms with Crippen molar-refractivity contribution in [2.75, 3.05) is 0 Å². The first kappa shape index (κ1) is 15.8. The highest BCUT2D eigenvalue weighted by molar-refractivity contribution is 8.13. The number of rotatable bonds is 5. The second-order valence-corrected chi connectivity index (χ2v) is 6.87. The predicted molar refractivity (Wildman–Crippen MR) is 90.7 cm³/mol. The molecule has 0 aliphatic rings. The van der Waals surface area contributed by atoms with Crippen LogP contribution >= 0.6 is 11.8 Å². The number of carbonyl (C=O) groups excluding carboxylic acids is 1. The van der Waals surface area contributed by atoms with E-state index in [9.17, 15) is 4.79 Å². The minimum Gasteiger partial charge on any atom is -0.286 e. The molecule has 110 valence electrons. The SMILES string of the molecule is CC(C)Cc1ccc([C@@H](C)C(=O)Sc2ccccc2)cc1. The smallest absolute Gasteiger partial charge is 0.200 e. The van der Waals surface area contributed by atoms with Crippen LogP contribution in [-0.2, 0) is 11.2 Å². The minimum absolute atomic E-state index is 0.0803. The maximum Gasteiger partial charge on any atom is 0.200 e. The molecule has 1 atom stereocenters. The van der Waals surface area contributed by atoms with Crippen molar-refractivity contribution in [3.63, 3.8) is 0 Å². The highest BCUT2D eigenvalue weighted by atomic mass is 32.2. The Morgan fingerprint density at radius 2 is 1.57 bits per heavy atom. The van der Waals surface area contributed by atoms with E-state index in [2.05, 4.69) is 38.1 Å². The van der Waals surface area contributed by atoms with Crippen LogP contribution in [0.4, 0.5) is 0 Å². The third kappa shape index (κ3) is 4.75. The molecule has 2 heteroatoms. The Morgan fingerprint density at radius 1 is 0.952 bits per heavy atom. The molecule has 21 heavy (non-hydrogen) atoms. The molecule has 0 bridgehead atoms. The minimum atomic E-state index is -0.0803. The number of hydrogen-bond donors (Lipinski definition) is 0. The van der Waals surface area contributed by atoms with Crippen LogP contribution in [0.25, 0.3) is 0 Å². The van der Waals surface area contributed by atoms with E-state index in [1.807, 2.05) is 37.3 Å². The van der Waals surface area contributed by atoms with Crippen molar-refractivity contribution >= 4 is 16.9 Å². The van der Waals surface area contributed by atoms with Gasteiger partial charge >= 0.3 is 0 Å². The Kier molecular flexibility index (Phi) is 5.63. The van der Waals surface area contributed by atoms with Crippen molar-refractivity contribution in [1.29, 1.82) is 0 Å². The summed E-state index contributed by atoms with van der Waals surface area (Å²) < 4.78 is 0. The second-order valence-electron chi connectivity index (χ2n) is 5.80. The van der Waals surface area contributed by atoms with Crippen molar-refractivity contribution in [2.45, 2.75) is 38.0 Å². The standard InChI is InChI=1S/C19H22OS/c1-14(2)13-16-9-11-17(12-10-16)15(3)19(20)21-18-7-5-4-6-8-18/h4-12,14-15H,13H2,1-3H3/t15-/m1/s1. The van der Waals surface area contributed by atoms with E-state index in [4.69, 9.17) is 0 Å². The van der Waals surface area contributed by atoms with Gasteiger partial charge in [-0.3, -0.25) is 4.79 Å². The van der Waals surface area contributed by atoms with Gasteiger partial charge in [-0.2, -0.15) is 0 Å². The molecule has 0 aliphatic heterocycles. The summed E-state index contributed by atoms with van der Waals surface area (Å²) >= 11 is 1.32. The second kappa shape index (κ2) is 7.46. The van der Waals surface area contributed by atoms with Gasteiger partial charge < -0.3 is 0 Å². The molecule has 0 unspecified atom stereocenters. The molecule has 0 radical (unpaired) electrons. The fourth-order valence-electron chi connectivity index (χ4n) is 2.24. The van der Waals surface area contributed by atoms with Gasteiger partial charge in [-0.05, 0) is 35.6 Å². The average Bonchev–Trinajstić information content (AvgIpc) is 2.47. The van der Waals surface area contributed by atoms with Crippen LogP contribution in [0.3, 0.4) is 0 Å². The largest absolute Gasteiger partial charge is 0.286 e. The van der Waals surface area contributed by atoms with E-state index in [0.717, 1.165) is 16.9 Å². The van der Waals surface area contributed by atoms with Crippen molar-refractivity contribution in [2.24, 2.45) is 5.92 Å². The number of carbonyl (C=O) groups is 1. The average molecular weight is 298 g/mol. The van der Waals surface area contributed by atoms with Crippen molar-refractivity contribution in [3.05, 3.63) is 65.7 Å². The Bertz CT molecular complexity index is 572. The van der Waals surface area contributed by atoms with Gasteiger partial charge in [-0.1, -0.05) is 75.0 Å². The van der Waals surface area contributed by atoms with Gasteiger partial charge in [0, 0.05) is 4.90 Å². The highest BCUT2D eigenvalue weighted by Crippen LogP contribution is 2.28. The molecule has 1 nitrogen and oxygen atoms in total. The third-order valence-electron chi connectivity index (χ3n) is 3.44. The van der Waals surface area contributed by atoms with Crippen LogP contribution < -0.4 is 0 Å². The normalized spacial score (nSPS) is 12.4. The fraction of sp³-hybridized carbons (Fsp3) is 0.316. The Hall–Kier alpha value is -1.54. The van der Waals surface area contributed by atoms with Gasteiger partial charge in [0.25, 0.3) is 0 Å². The molecule has 2 aromatic rings. The van der Waals surface area contributed by atoms with Gasteiger partial charge in [0.05, 0.1) is 5.92 Å². The van der Waals surface area contributed by atoms with Crippen LogP contribution in [0.2, 0.25) is 0 Å². The molecule has 0 heterocycles. The molecule has 2 aromatic carbocycles. The van der Waals surface area contributed by atoms with Crippen molar-refractivity contribution in [1.82, 2.24) is 0 Å². The number of hydrogen-bond acceptors (Lipinski definition) is 2. The summed E-state index contributed by atoms with van der Waals surface area (Å²) in [7, 11) is 0. The van der Waals surface area contributed by atoms with E-state index in [-0.39, 0.29) is 11.0 Å². The summed E-state index contributed by atoms with van der Waals surface area (Å²) in [4.78, 5) is 13.3. The summed E-state index contributed by atoms with van der Waals surface area (Å²) in [6.45, 7) is 6.42. The first-order valence-electron chi connectivity index (χ1n) is 7.42. The maximum atomic E-state index is 12.3. The van der Waals surface area contributed by atoms with Gasteiger partial charge in [0.2, 0.25) is 5.12 Å². The molecule has 0 aliphatic carbocycles. The van der Waals surface area contributed by atoms with Gasteiger partial charge in [0.1, 0.15) is 0 Å². The molecule has 0 spiro atoms. The lowest BCUT2D eigenvalue weighted by Gasteiger charge is -2.12. The third-order valence-corrected chi connectivity index (χ3v) is 4.50. The zero-order valence-electron chi connectivity index (χ0n) is 12.9. The van der Waals surface area contributed by atoms with Crippen molar-refractivity contribution < 1.29 is 4.79 Å². The monoisotopic (exact) mass is 298 g/mol. The fourth-order valence-corrected chi connectivity index (χ4v) is 3.08. The lowest BCUT2D eigenvalue weighted by atomic mass is 9.97. The summed E-state index contributed by atoms with van der Waals surface area (Å²) in [5, 5.41) is 0.192. The quantitative estimate of drug-likeness (QED) is 0.696. The Labute approximate surface area is 131 Å². The molecule has 0 fully saturated rings. The van der Waals surface area contributed by atoms with E-state index in [1.54, 1.807) is 0 Å². The first-order valence-corrected chi connectivity index (χ1v) is 8.23. The zero-order valence-corrected chi connectivity index (χ0v) is 13.7. The molecule has 0 saturated heterocycles. The summed E-state index contributed by atoms with van der Waals surface area (Å²) in [6, 6.07) is 18.3. The molecular weight excluding hydrogens is 276 g/mol. The number of thioether (sulfide) groups is 1. The maximum absolute atomic E-state index is 12.3. The van der Waals surface area contributed by atoms with E-state index in [0.29, 0.717) is 5.92 Å². The van der Waals surface area contributed by atoms with Gasteiger partial charge in [-0.15, -0.1) is 0 Å². The van der Waals surface area contributed by atoms with Gasteiger partial charge in [-0.25, -0.2) is 0 Å². The van der Waals surface area contributed by atoms with Crippen molar-refractivity contribution in [3.8, 4) is 0 Å². The predicted octanol–water partition coefficient (Wildman–Crippen LogP) is 5.31. The molecule has 0 saturated carbocycles. The molecular formula is C19H22OS. The highest BCUT2D eigenvalue weighted by Gasteiger charge is 2.16. The van der Waals surface area contributed by atoms with Crippen LogP contribution in [-0.4, -0.2) is 5.12 Å². The lowest BCUT2D eigenvalue weighted by molar-refractivity contribution is -0.111. The van der Waals surface area contributed by atoms with Crippen LogP contribution in [0.1, 0.15) is 37.8 Å². The van der Waals surface area contributed by atoms with Crippen LogP contribution in [0.15, 0.2) is 59.5 Å². The molecule has 0 N–H and O–H groups in total. The molecule has 0 aromatic heterocycles. The summed E-state index contributed by atoms with van der Waals surface area (Å²) in [6.07, 6.45) is 1.08. The first-order chi connectivity index (χ1) is 10.1. The Balaban J connectivity index is 2.02. The van der Waals surface area contributed by atoms with E-state index >= 15 is 0 Å². The van der Waals surface area contributed by atoms with Gasteiger partial charge in [0.15, 0.2) is 0 Å².